The molecule has 0 aliphatic heterocycles. The van der Waals surface area contributed by atoms with E-state index in [9.17, 15) is 13.6 Å². The van der Waals surface area contributed by atoms with Crippen molar-refractivity contribution in [2.24, 2.45) is 0 Å². The van der Waals surface area contributed by atoms with Crippen LogP contribution in [0.2, 0.25) is 0 Å². The third-order valence-corrected chi connectivity index (χ3v) is 4.05. The Morgan fingerprint density at radius 1 is 1.23 bits per heavy atom. The maximum Gasteiger partial charge on any atom is 0.226 e. The van der Waals surface area contributed by atoms with Crippen molar-refractivity contribution in [2.75, 3.05) is 5.32 Å². The van der Waals surface area contributed by atoms with E-state index < -0.39 is 11.6 Å². The smallest absolute Gasteiger partial charge is 0.226 e. The Hall–Kier alpha value is -2.87. The van der Waals surface area contributed by atoms with E-state index in [1.807, 2.05) is 31.2 Å². The largest absolute Gasteiger partial charge is 0.326 e. The fraction of sp³-hybridized carbons (Fsp3) is 0.167. The molecule has 1 amide bonds. The summed E-state index contributed by atoms with van der Waals surface area (Å²) >= 11 is 5.24. The summed E-state index contributed by atoms with van der Waals surface area (Å²) in [5, 5.41) is 9.43. The van der Waals surface area contributed by atoms with Gasteiger partial charge in [0.05, 0.1) is 0 Å². The lowest BCUT2D eigenvalue weighted by Crippen LogP contribution is -2.15. The van der Waals surface area contributed by atoms with Gasteiger partial charge in [-0.3, -0.25) is 14.5 Å². The molecule has 2 N–H and O–H groups in total. The lowest BCUT2D eigenvalue weighted by molar-refractivity contribution is -0.116. The summed E-state index contributed by atoms with van der Waals surface area (Å²) < 4.78 is 28.5. The first-order chi connectivity index (χ1) is 12.4. The van der Waals surface area contributed by atoms with Crippen LogP contribution in [-0.2, 0) is 11.3 Å². The SMILES string of the molecule is Cc1cccc(-c2n[nH]c(=S)n2CCC(=O)Nc2cc(F)cc(F)c2)c1. The Bertz CT molecular complexity index is 992. The third kappa shape index (κ3) is 4.20. The summed E-state index contributed by atoms with van der Waals surface area (Å²) in [6, 6.07) is 10.6. The first-order valence-electron chi connectivity index (χ1n) is 7.90. The van der Waals surface area contributed by atoms with E-state index >= 15 is 0 Å². The summed E-state index contributed by atoms with van der Waals surface area (Å²) in [7, 11) is 0. The number of aromatic nitrogens is 3. The number of aryl methyl sites for hydroxylation is 1. The monoisotopic (exact) mass is 374 g/mol. The number of carbonyl (C=O) groups is 1. The van der Waals surface area contributed by atoms with Crippen molar-refractivity contribution < 1.29 is 13.6 Å². The second kappa shape index (κ2) is 7.57. The quantitative estimate of drug-likeness (QED) is 0.657. The number of rotatable bonds is 5. The number of hydrogen-bond donors (Lipinski definition) is 2. The van der Waals surface area contributed by atoms with Gasteiger partial charge < -0.3 is 5.32 Å². The van der Waals surface area contributed by atoms with Gasteiger partial charge in [-0.05, 0) is 37.3 Å². The van der Waals surface area contributed by atoms with E-state index in [-0.39, 0.29) is 24.6 Å². The van der Waals surface area contributed by atoms with Crippen molar-refractivity contribution in [2.45, 2.75) is 19.9 Å². The molecule has 0 aliphatic carbocycles. The van der Waals surface area contributed by atoms with E-state index in [1.54, 1.807) is 4.57 Å². The predicted octanol–water partition coefficient (Wildman–Crippen LogP) is 4.22. The molecule has 0 radical (unpaired) electrons. The first kappa shape index (κ1) is 17.9. The zero-order chi connectivity index (χ0) is 18.7. The number of halogens is 2. The zero-order valence-corrected chi connectivity index (χ0v) is 14.7. The Kier molecular flexibility index (Phi) is 5.22. The molecule has 3 rings (SSSR count). The molecule has 1 aromatic heterocycles. The molecule has 0 saturated heterocycles. The molecule has 0 unspecified atom stereocenters. The number of benzene rings is 2. The zero-order valence-electron chi connectivity index (χ0n) is 13.9. The van der Waals surface area contributed by atoms with Crippen molar-refractivity contribution >= 4 is 23.8 Å². The van der Waals surface area contributed by atoms with Crippen LogP contribution in [0, 0.1) is 23.3 Å². The lowest BCUT2D eigenvalue weighted by Gasteiger charge is -2.09. The normalized spacial score (nSPS) is 10.7. The minimum atomic E-state index is -0.751. The molecule has 0 atom stereocenters. The number of nitrogens with one attached hydrogen (secondary N) is 2. The van der Waals surface area contributed by atoms with Crippen LogP contribution in [0.5, 0.6) is 0 Å². The van der Waals surface area contributed by atoms with Gasteiger partial charge in [0.1, 0.15) is 11.6 Å². The highest BCUT2D eigenvalue weighted by Crippen LogP contribution is 2.19. The van der Waals surface area contributed by atoms with Crippen molar-refractivity contribution in [1.29, 1.82) is 0 Å². The predicted molar refractivity (Wildman–Crippen MR) is 97.2 cm³/mol. The molecule has 0 spiro atoms. The van der Waals surface area contributed by atoms with Crippen LogP contribution in [0.3, 0.4) is 0 Å². The Morgan fingerprint density at radius 3 is 2.65 bits per heavy atom. The van der Waals surface area contributed by atoms with Gasteiger partial charge in [-0.1, -0.05) is 23.8 Å². The number of anilines is 1. The molecule has 3 aromatic rings. The van der Waals surface area contributed by atoms with Crippen molar-refractivity contribution in [1.82, 2.24) is 14.8 Å². The molecule has 1 heterocycles. The first-order valence-corrected chi connectivity index (χ1v) is 8.31. The maximum absolute atomic E-state index is 13.2. The van der Waals surface area contributed by atoms with Crippen LogP contribution in [0.1, 0.15) is 12.0 Å². The number of aromatic amines is 1. The van der Waals surface area contributed by atoms with Crippen LogP contribution >= 0.6 is 12.2 Å². The number of carbonyl (C=O) groups excluding carboxylic acids is 1. The molecule has 2 aromatic carbocycles. The number of H-pyrrole nitrogens is 1. The number of nitrogens with zero attached hydrogens (tertiary/aromatic N) is 2. The van der Waals surface area contributed by atoms with Gasteiger partial charge in [-0.25, -0.2) is 8.78 Å². The van der Waals surface area contributed by atoms with Crippen molar-refractivity contribution in [3.63, 3.8) is 0 Å². The van der Waals surface area contributed by atoms with E-state index in [1.165, 1.54) is 0 Å². The second-order valence-corrected chi connectivity index (χ2v) is 6.22. The Labute approximate surface area is 153 Å². The molecule has 0 aliphatic rings. The van der Waals surface area contributed by atoms with Crippen LogP contribution in [-0.4, -0.2) is 20.7 Å². The number of hydrogen-bond acceptors (Lipinski definition) is 3. The van der Waals surface area contributed by atoms with E-state index in [2.05, 4.69) is 15.5 Å². The summed E-state index contributed by atoms with van der Waals surface area (Å²) in [4.78, 5) is 12.1. The van der Waals surface area contributed by atoms with Crippen molar-refractivity contribution in [3.8, 4) is 11.4 Å². The third-order valence-electron chi connectivity index (χ3n) is 3.74. The van der Waals surface area contributed by atoms with Crippen LogP contribution < -0.4 is 5.32 Å². The van der Waals surface area contributed by atoms with Gasteiger partial charge in [-0.2, -0.15) is 5.10 Å². The molecule has 5 nitrogen and oxygen atoms in total. The van der Waals surface area contributed by atoms with Crippen LogP contribution in [0.25, 0.3) is 11.4 Å². The number of amides is 1. The molecule has 0 fully saturated rings. The highest BCUT2D eigenvalue weighted by molar-refractivity contribution is 7.71. The van der Waals surface area contributed by atoms with Crippen LogP contribution in [0.15, 0.2) is 42.5 Å². The van der Waals surface area contributed by atoms with Gasteiger partial charge in [0, 0.05) is 30.3 Å². The minimum Gasteiger partial charge on any atom is -0.326 e. The standard InChI is InChI=1S/C18H16F2N4OS/c1-11-3-2-4-12(7-11)17-22-23-18(26)24(17)6-5-16(25)21-15-9-13(19)8-14(20)10-15/h2-4,7-10H,5-6H2,1H3,(H,21,25)(H,23,26). The van der Waals surface area contributed by atoms with Crippen LogP contribution in [0.4, 0.5) is 14.5 Å². The fourth-order valence-electron chi connectivity index (χ4n) is 2.59. The molecule has 0 saturated carbocycles. The Balaban J connectivity index is 1.73. The summed E-state index contributed by atoms with van der Waals surface area (Å²) in [6.07, 6.45) is 0.0742. The second-order valence-electron chi connectivity index (χ2n) is 5.83. The Morgan fingerprint density at radius 2 is 1.96 bits per heavy atom. The van der Waals surface area contributed by atoms with E-state index in [0.717, 1.165) is 29.3 Å². The molecule has 26 heavy (non-hydrogen) atoms. The molecule has 0 bridgehead atoms. The topological polar surface area (TPSA) is 62.7 Å². The average Bonchev–Trinajstić information content (AvgIpc) is 2.93. The van der Waals surface area contributed by atoms with Gasteiger partial charge in [0.15, 0.2) is 10.6 Å². The molecule has 8 heteroatoms. The summed E-state index contributed by atoms with van der Waals surface area (Å²) in [6.45, 7) is 2.25. The molecular weight excluding hydrogens is 358 g/mol. The highest BCUT2D eigenvalue weighted by Gasteiger charge is 2.11. The van der Waals surface area contributed by atoms with E-state index in [4.69, 9.17) is 12.2 Å². The van der Waals surface area contributed by atoms with Gasteiger partial charge in [0.2, 0.25) is 5.91 Å². The fourth-order valence-corrected chi connectivity index (χ4v) is 2.82. The molecule has 134 valence electrons. The molecular formula is C18H16F2N4OS. The average molecular weight is 374 g/mol. The maximum atomic E-state index is 13.2. The van der Waals surface area contributed by atoms with Gasteiger partial charge in [0.25, 0.3) is 0 Å². The summed E-state index contributed by atoms with van der Waals surface area (Å²) in [5.74, 6) is -1.25. The summed E-state index contributed by atoms with van der Waals surface area (Å²) in [5.41, 5.74) is 2.03. The van der Waals surface area contributed by atoms with E-state index in [0.29, 0.717) is 10.6 Å². The lowest BCUT2D eigenvalue weighted by atomic mass is 10.1. The van der Waals surface area contributed by atoms with Gasteiger partial charge in [-0.15, -0.1) is 0 Å². The van der Waals surface area contributed by atoms with Crippen molar-refractivity contribution in [3.05, 3.63) is 64.4 Å². The minimum absolute atomic E-state index is 0.0715. The highest BCUT2D eigenvalue weighted by atomic mass is 32.1. The van der Waals surface area contributed by atoms with Gasteiger partial charge >= 0.3 is 0 Å².